The smallest absolute Gasteiger partial charge is 0.343 e. The van der Waals surface area contributed by atoms with Crippen LogP contribution in [0, 0.1) is 13.8 Å². The van der Waals surface area contributed by atoms with Crippen LogP contribution >= 0.6 is 0 Å². The van der Waals surface area contributed by atoms with Gasteiger partial charge in [-0.2, -0.15) is 0 Å². The maximum absolute atomic E-state index is 12.2. The molecule has 0 saturated carbocycles. The Labute approximate surface area is 119 Å². The summed E-state index contributed by atoms with van der Waals surface area (Å²) in [5.41, 5.74) is 5.59. The van der Waals surface area contributed by atoms with Crippen molar-refractivity contribution in [1.82, 2.24) is 0 Å². The van der Waals surface area contributed by atoms with Crippen molar-refractivity contribution < 1.29 is 9.53 Å². The van der Waals surface area contributed by atoms with E-state index < -0.39 is 0 Å². The topological polar surface area (TPSA) is 26.3 Å². The number of benzene rings is 2. The third-order valence-corrected chi connectivity index (χ3v) is 4.02. The number of aryl methyl sites for hydroxylation is 4. The fraction of sp³-hybridized carbons (Fsp3) is 0.278. The molecule has 0 amide bonds. The maximum Gasteiger partial charge on any atom is 0.343 e. The largest absolute Gasteiger partial charge is 0.423 e. The molecule has 0 aliphatic heterocycles. The van der Waals surface area contributed by atoms with Gasteiger partial charge in [-0.05, 0) is 79.6 Å². The standard InChI is InChI=1S/C18H18O2/c1-12-6-7-16(10-13(12)2)18(19)20-17-9-8-14-4-3-5-15(14)11-17/h6-11H,3-5H2,1-2H3. The first-order valence-electron chi connectivity index (χ1n) is 7.05. The summed E-state index contributed by atoms with van der Waals surface area (Å²) in [4.78, 5) is 12.2. The molecule has 0 atom stereocenters. The van der Waals surface area contributed by atoms with Crippen LogP contribution in [0.25, 0.3) is 0 Å². The molecule has 0 fully saturated rings. The zero-order chi connectivity index (χ0) is 14.1. The van der Waals surface area contributed by atoms with E-state index in [0.29, 0.717) is 11.3 Å². The van der Waals surface area contributed by atoms with Crippen LogP contribution in [-0.2, 0) is 12.8 Å². The van der Waals surface area contributed by atoms with Crippen LogP contribution in [0.15, 0.2) is 36.4 Å². The lowest BCUT2D eigenvalue weighted by molar-refractivity contribution is 0.0734. The van der Waals surface area contributed by atoms with Crippen molar-refractivity contribution >= 4 is 5.97 Å². The first-order chi connectivity index (χ1) is 9.63. The number of hydrogen-bond donors (Lipinski definition) is 0. The van der Waals surface area contributed by atoms with Crippen molar-refractivity contribution in [2.45, 2.75) is 33.1 Å². The number of esters is 1. The highest BCUT2D eigenvalue weighted by Gasteiger charge is 2.14. The zero-order valence-corrected chi connectivity index (χ0v) is 11.9. The van der Waals surface area contributed by atoms with E-state index in [9.17, 15) is 4.79 Å². The first kappa shape index (κ1) is 12.9. The Balaban J connectivity index is 1.80. The van der Waals surface area contributed by atoms with Crippen LogP contribution in [0.2, 0.25) is 0 Å². The zero-order valence-electron chi connectivity index (χ0n) is 11.9. The fourth-order valence-electron chi connectivity index (χ4n) is 2.65. The van der Waals surface area contributed by atoms with E-state index in [2.05, 4.69) is 6.07 Å². The highest BCUT2D eigenvalue weighted by molar-refractivity contribution is 5.91. The number of carbonyl (C=O) groups excluding carboxylic acids is 1. The molecule has 1 aliphatic rings. The summed E-state index contributed by atoms with van der Waals surface area (Å²) in [6, 6.07) is 11.6. The number of hydrogen-bond acceptors (Lipinski definition) is 2. The molecule has 3 rings (SSSR count). The summed E-state index contributed by atoms with van der Waals surface area (Å²) < 4.78 is 5.48. The molecule has 0 saturated heterocycles. The van der Waals surface area contributed by atoms with Crippen molar-refractivity contribution in [1.29, 1.82) is 0 Å². The molecular weight excluding hydrogens is 248 g/mol. The first-order valence-corrected chi connectivity index (χ1v) is 7.05. The van der Waals surface area contributed by atoms with Gasteiger partial charge in [0.2, 0.25) is 0 Å². The summed E-state index contributed by atoms with van der Waals surface area (Å²) >= 11 is 0. The van der Waals surface area contributed by atoms with E-state index in [4.69, 9.17) is 4.74 Å². The molecule has 2 heteroatoms. The van der Waals surface area contributed by atoms with Crippen LogP contribution < -0.4 is 4.74 Å². The maximum atomic E-state index is 12.2. The number of rotatable bonds is 2. The number of fused-ring (bicyclic) bond motifs is 1. The quantitative estimate of drug-likeness (QED) is 0.606. The van der Waals surface area contributed by atoms with E-state index in [1.165, 1.54) is 23.1 Å². The monoisotopic (exact) mass is 266 g/mol. The minimum absolute atomic E-state index is 0.286. The average Bonchev–Trinajstić information content (AvgIpc) is 2.89. The molecule has 0 spiro atoms. The Bertz CT molecular complexity index is 671. The van der Waals surface area contributed by atoms with Crippen molar-refractivity contribution in [2.75, 3.05) is 0 Å². The number of ether oxygens (including phenoxy) is 1. The van der Waals surface area contributed by atoms with Crippen molar-refractivity contribution in [2.24, 2.45) is 0 Å². The molecule has 0 N–H and O–H groups in total. The summed E-state index contributed by atoms with van der Waals surface area (Å²) in [5.74, 6) is 0.361. The van der Waals surface area contributed by atoms with Gasteiger partial charge in [-0.3, -0.25) is 0 Å². The van der Waals surface area contributed by atoms with Gasteiger partial charge in [-0.1, -0.05) is 12.1 Å². The summed E-state index contributed by atoms with van der Waals surface area (Å²) in [7, 11) is 0. The van der Waals surface area contributed by atoms with Crippen LogP contribution in [0.3, 0.4) is 0 Å². The Kier molecular flexibility index (Phi) is 3.31. The molecule has 0 aromatic heterocycles. The molecule has 0 heterocycles. The average molecular weight is 266 g/mol. The predicted octanol–water partition coefficient (Wildman–Crippen LogP) is 4.01. The van der Waals surface area contributed by atoms with Crippen molar-refractivity contribution in [3.8, 4) is 5.75 Å². The van der Waals surface area contributed by atoms with E-state index in [0.717, 1.165) is 18.4 Å². The molecule has 1 aliphatic carbocycles. The van der Waals surface area contributed by atoms with Gasteiger partial charge in [0.25, 0.3) is 0 Å². The molecule has 0 unspecified atom stereocenters. The van der Waals surface area contributed by atoms with Gasteiger partial charge in [0.05, 0.1) is 5.56 Å². The Morgan fingerprint density at radius 3 is 2.55 bits per heavy atom. The molecule has 2 nitrogen and oxygen atoms in total. The second kappa shape index (κ2) is 5.12. The van der Waals surface area contributed by atoms with E-state index >= 15 is 0 Å². The molecule has 2 aromatic rings. The molecule has 0 radical (unpaired) electrons. The second-order valence-electron chi connectivity index (χ2n) is 5.47. The van der Waals surface area contributed by atoms with E-state index in [-0.39, 0.29) is 5.97 Å². The van der Waals surface area contributed by atoms with Gasteiger partial charge in [0.15, 0.2) is 0 Å². The second-order valence-corrected chi connectivity index (χ2v) is 5.47. The Morgan fingerprint density at radius 2 is 1.75 bits per heavy atom. The van der Waals surface area contributed by atoms with Crippen LogP contribution in [-0.4, -0.2) is 5.97 Å². The number of carbonyl (C=O) groups is 1. The molecule has 102 valence electrons. The van der Waals surface area contributed by atoms with Gasteiger partial charge in [-0.25, -0.2) is 4.79 Å². The van der Waals surface area contributed by atoms with E-state index in [1.807, 2.05) is 44.2 Å². The SMILES string of the molecule is Cc1ccc(C(=O)Oc2ccc3c(c2)CCC3)cc1C. The van der Waals surface area contributed by atoms with Gasteiger partial charge < -0.3 is 4.74 Å². The third kappa shape index (κ3) is 2.46. The lowest BCUT2D eigenvalue weighted by atomic mass is 10.1. The highest BCUT2D eigenvalue weighted by Crippen LogP contribution is 2.26. The molecular formula is C18H18O2. The van der Waals surface area contributed by atoms with E-state index in [1.54, 1.807) is 0 Å². The predicted molar refractivity (Wildman–Crippen MR) is 79.3 cm³/mol. The Morgan fingerprint density at radius 1 is 0.950 bits per heavy atom. The van der Waals surface area contributed by atoms with Crippen LogP contribution in [0.1, 0.15) is 39.0 Å². The minimum atomic E-state index is -0.286. The van der Waals surface area contributed by atoms with Gasteiger partial charge in [-0.15, -0.1) is 0 Å². The van der Waals surface area contributed by atoms with Crippen molar-refractivity contribution in [3.63, 3.8) is 0 Å². The molecule has 20 heavy (non-hydrogen) atoms. The van der Waals surface area contributed by atoms with Gasteiger partial charge in [0, 0.05) is 0 Å². The van der Waals surface area contributed by atoms with Gasteiger partial charge >= 0.3 is 5.97 Å². The fourth-order valence-corrected chi connectivity index (χ4v) is 2.65. The van der Waals surface area contributed by atoms with Crippen LogP contribution in [0.5, 0.6) is 5.75 Å². The molecule has 0 bridgehead atoms. The van der Waals surface area contributed by atoms with Crippen molar-refractivity contribution in [3.05, 3.63) is 64.2 Å². The minimum Gasteiger partial charge on any atom is -0.423 e. The van der Waals surface area contributed by atoms with Gasteiger partial charge in [0.1, 0.15) is 5.75 Å². The third-order valence-electron chi connectivity index (χ3n) is 4.02. The molecule has 2 aromatic carbocycles. The highest BCUT2D eigenvalue weighted by atomic mass is 16.5. The summed E-state index contributed by atoms with van der Waals surface area (Å²) in [6.07, 6.45) is 3.43. The Hall–Kier alpha value is -2.09. The van der Waals surface area contributed by atoms with Crippen LogP contribution in [0.4, 0.5) is 0 Å². The lowest BCUT2D eigenvalue weighted by Gasteiger charge is -2.08. The normalized spacial score (nSPS) is 13.1. The summed E-state index contributed by atoms with van der Waals surface area (Å²) in [6.45, 7) is 4.03. The lowest BCUT2D eigenvalue weighted by Crippen LogP contribution is -2.09. The summed E-state index contributed by atoms with van der Waals surface area (Å²) in [5, 5.41) is 0.